The number of methoxy groups -OCH3 is 1. The smallest absolute Gasteiger partial charge is 0.184 e. The molecule has 0 saturated heterocycles. The molecule has 0 atom stereocenters. The van der Waals surface area contributed by atoms with Crippen molar-refractivity contribution in [2.75, 3.05) is 7.11 Å². The fourth-order valence-corrected chi connectivity index (χ4v) is 6.03. The Morgan fingerprint density at radius 2 is 1.86 bits per heavy atom. The van der Waals surface area contributed by atoms with Gasteiger partial charge in [0.25, 0.3) is 0 Å². The van der Waals surface area contributed by atoms with E-state index in [1.807, 2.05) is 0 Å². The molecule has 5 aromatic rings. The van der Waals surface area contributed by atoms with Gasteiger partial charge in [0.2, 0.25) is 0 Å². The van der Waals surface area contributed by atoms with Crippen LogP contribution >= 0.6 is 11.3 Å². The normalized spacial score (nSPS) is 11.6. The standard InChI is InChI=1S/C25H17F2N3O3S2/c1-33-23-12-20(15-3-2-4-17(26)9-15)22(27)11-21(23)25-19-6-5-18(10-16(19)7-8-28-25)35(31,32)13-24-30-29-14-34-24/h2-12,14H,13H2,1H3. The van der Waals surface area contributed by atoms with Crippen LogP contribution in [0.25, 0.3) is 33.2 Å². The SMILES string of the molecule is COc1cc(-c2cccc(F)c2)c(F)cc1-c1nccc2cc(S(=O)(=O)Cc3nncs3)ccc12. The lowest BCUT2D eigenvalue weighted by Gasteiger charge is -2.14. The molecule has 0 unspecified atom stereocenters. The molecule has 0 aliphatic heterocycles. The van der Waals surface area contributed by atoms with E-state index in [-0.39, 0.29) is 16.2 Å². The third kappa shape index (κ3) is 4.50. The lowest BCUT2D eigenvalue weighted by molar-refractivity contribution is 0.415. The molecule has 2 aromatic heterocycles. The zero-order valence-electron chi connectivity index (χ0n) is 18.3. The maximum atomic E-state index is 15.2. The molecule has 3 aromatic carbocycles. The van der Waals surface area contributed by atoms with Crippen molar-refractivity contribution in [1.82, 2.24) is 15.2 Å². The van der Waals surface area contributed by atoms with Crippen LogP contribution in [-0.2, 0) is 15.6 Å². The van der Waals surface area contributed by atoms with Crippen LogP contribution < -0.4 is 4.74 Å². The Labute approximate surface area is 203 Å². The van der Waals surface area contributed by atoms with E-state index in [1.165, 1.54) is 66.6 Å². The maximum absolute atomic E-state index is 15.2. The van der Waals surface area contributed by atoms with Gasteiger partial charge in [0.05, 0.1) is 17.7 Å². The van der Waals surface area contributed by atoms with E-state index < -0.39 is 21.5 Å². The van der Waals surface area contributed by atoms with E-state index in [2.05, 4.69) is 15.2 Å². The van der Waals surface area contributed by atoms with Gasteiger partial charge in [-0.25, -0.2) is 17.2 Å². The summed E-state index contributed by atoms with van der Waals surface area (Å²) in [7, 11) is -2.19. The maximum Gasteiger partial charge on any atom is 0.184 e. The number of pyridine rings is 1. The van der Waals surface area contributed by atoms with E-state index in [0.717, 1.165) is 0 Å². The van der Waals surface area contributed by atoms with Crippen molar-refractivity contribution in [2.24, 2.45) is 0 Å². The summed E-state index contributed by atoms with van der Waals surface area (Å²) in [6, 6.07) is 14.8. The summed E-state index contributed by atoms with van der Waals surface area (Å²) in [4.78, 5) is 4.56. The van der Waals surface area contributed by atoms with Gasteiger partial charge in [0.15, 0.2) is 9.84 Å². The highest BCUT2D eigenvalue weighted by Gasteiger charge is 2.20. The zero-order chi connectivity index (χ0) is 24.6. The molecule has 2 heterocycles. The fraction of sp³-hybridized carbons (Fsp3) is 0.0800. The van der Waals surface area contributed by atoms with Gasteiger partial charge in [0, 0.05) is 22.7 Å². The van der Waals surface area contributed by atoms with Crippen LogP contribution in [0, 0.1) is 11.6 Å². The molecule has 0 bridgehead atoms. The Morgan fingerprint density at radius 1 is 1.00 bits per heavy atom. The average Bonchev–Trinajstić information content (AvgIpc) is 3.35. The summed E-state index contributed by atoms with van der Waals surface area (Å²) in [5.41, 5.74) is 2.87. The van der Waals surface area contributed by atoms with Gasteiger partial charge in [-0.15, -0.1) is 21.5 Å². The number of aromatic nitrogens is 3. The summed E-state index contributed by atoms with van der Waals surface area (Å²) in [6.07, 6.45) is 1.52. The van der Waals surface area contributed by atoms with Gasteiger partial charge in [0.1, 0.15) is 33.7 Å². The van der Waals surface area contributed by atoms with Crippen molar-refractivity contribution in [3.8, 4) is 28.1 Å². The van der Waals surface area contributed by atoms with E-state index in [1.54, 1.807) is 24.3 Å². The molecule has 176 valence electrons. The number of sulfone groups is 1. The first-order chi connectivity index (χ1) is 16.9. The van der Waals surface area contributed by atoms with E-state index >= 15 is 4.39 Å². The summed E-state index contributed by atoms with van der Waals surface area (Å²) in [6.45, 7) is 0. The lowest BCUT2D eigenvalue weighted by Crippen LogP contribution is -2.05. The quantitative estimate of drug-likeness (QED) is 0.293. The Balaban J connectivity index is 1.60. The molecule has 5 rings (SSSR count). The van der Waals surface area contributed by atoms with Crippen molar-refractivity contribution in [3.63, 3.8) is 0 Å². The van der Waals surface area contributed by atoms with Gasteiger partial charge in [-0.1, -0.05) is 18.2 Å². The fourth-order valence-electron chi connectivity index (χ4n) is 3.85. The van der Waals surface area contributed by atoms with Crippen molar-refractivity contribution in [2.45, 2.75) is 10.6 Å². The number of benzene rings is 3. The first-order valence-corrected chi connectivity index (χ1v) is 12.9. The number of hydrogen-bond acceptors (Lipinski definition) is 7. The van der Waals surface area contributed by atoms with Crippen molar-refractivity contribution in [3.05, 3.63) is 89.0 Å². The molecule has 0 aliphatic carbocycles. The lowest BCUT2D eigenvalue weighted by atomic mass is 9.98. The molecule has 0 aliphatic rings. The third-order valence-corrected chi connectivity index (χ3v) is 8.00. The number of fused-ring (bicyclic) bond motifs is 1. The first-order valence-electron chi connectivity index (χ1n) is 10.4. The number of nitrogens with zero attached hydrogens (tertiary/aromatic N) is 3. The molecule has 35 heavy (non-hydrogen) atoms. The predicted molar refractivity (Wildman–Crippen MR) is 130 cm³/mol. The van der Waals surface area contributed by atoms with Crippen LogP contribution in [-0.4, -0.2) is 30.7 Å². The summed E-state index contributed by atoms with van der Waals surface area (Å²) in [5, 5.41) is 9.14. The topological polar surface area (TPSA) is 82.0 Å². The van der Waals surface area contributed by atoms with Crippen LogP contribution in [0.15, 0.2) is 77.3 Å². The Bertz CT molecular complexity index is 1660. The second-order valence-corrected chi connectivity index (χ2v) is 10.6. The van der Waals surface area contributed by atoms with Crippen LogP contribution in [0.3, 0.4) is 0 Å². The largest absolute Gasteiger partial charge is 0.496 e. The van der Waals surface area contributed by atoms with Crippen molar-refractivity contribution < 1.29 is 21.9 Å². The highest BCUT2D eigenvalue weighted by Crippen LogP contribution is 2.38. The first kappa shape index (κ1) is 23.0. The molecule has 0 N–H and O–H groups in total. The van der Waals surface area contributed by atoms with Crippen molar-refractivity contribution in [1.29, 1.82) is 0 Å². The molecule has 6 nitrogen and oxygen atoms in total. The number of ether oxygens (including phenoxy) is 1. The van der Waals surface area contributed by atoms with Crippen molar-refractivity contribution >= 4 is 31.9 Å². The minimum Gasteiger partial charge on any atom is -0.496 e. The van der Waals surface area contributed by atoms with Crippen LogP contribution in [0.4, 0.5) is 8.78 Å². The minimum atomic E-state index is -3.64. The molecule has 0 saturated carbocycles. The molecular weight excluding hydrogens is 492 g/mol. The highest BCUT2D eigenvalue weighted by atomic mass is 32.2. The number of hydrogen-bond donors (Lipinski definition) is 0. The van der Waals surface area contributed by atoms with Gasteiger partial charge >= 0.3 is 0 Å². The monoisotopic (exact) mass is 509 g/mol. The van der Waals surface area contributed by atoms with Crippen LogP contribution in [0.5, 0.6) is 5.75 Å². The molecule has 0 spiro atoms. The van der Waals surface area contributed by atoms with Gasteiger partial charge in [-0.3, -0.25) is 4.98 Å². The zero-order valence-corrected chi connectivity index (χ0v) is 19.9. The molecule has 0 amide bonds. The van der Waals surface area contributed by atoms with E-state index in [4.69, 9.17) is 4.74 Å². The molecular formula is C25H17F2N3O3S2. The molecule has 0 radical (unpaired) electrons. The predicted octanol–water partition coefficient (Wildman–Crippen LogP) is 5.68. The summed E-state index contributed by atoms with van der Waals surface area (Å²) < 4.78 is 60.1. The highest BCUT2D eigenvalue weighted by molar-refractivity contribution is 7.90. The Morgan fingerprint density at radius 3 is 2.60 bits per heavy atom. The van der Waals surface area contributed by atoms with E-state index in [9.17, 15) is 12.8 Å². The van der Waals surface area contributed by atoms with Gasteiger partial charge < -0.3 is 4.74 Å². The second-order valence-electron chi connectivity index (χ2n) is 7.68. The minimum absolute atomic E-state index is 0.136. The summed E-state index contributed by atoms with van der Waals surface area (Å²) >= 11 is 1.17. The Kier molecular flexibility index (Phi) is 6.00. The summed E-state index contributed by atoms with van der Waals surface area (Å²) in [5.74, 6) is -0.945. The third-order valence-electron chi connectivity index (χ3n) is 5.49. The molecule has 10 heteroatoms. The number of halogens is 2. The van der Waals surface area contributed by atoms with Gasteiger partial charge in [-0.2, -0.15) is 0 Å². The van der Waals surface area contributed by atoms with Crippen LogP contribution in [0.1, 0.15) is 5.01 Å². The Hall–Kier alpha value is -3.76. The number of rotatable bonds is 6. The molecule has 0 fully saturated rings. The second kappa shape index (κ2) is 9.12. The van der Waals surface area contributed by atoms with Gasteiger partial charge in [-0.05, 0) is 53.4 Å². The van der Waals surface area contributed by atoms with E-state index in [0.29, 0.717) is 38.4 Å². The average molecular weight is 510 g/mol. The van der Waals surface area contributed by atoms with Crippen LogP contribution in [0.2, 0.25) is 0 Å².